The summed E-state index contributed by atoms with van der Waals surface area (Å²) >= 11 is 0. The highest BCUT2D eigenvalue weighted by Gasteiger charge is 2.28. The zero-order valence-electron chi connectivity index (χ0n) is 12.2. The SMILES string of the molecule is C=C(COC)C(=O)N1C/C(=C(\CC)C(=C)C)CC1=C. The van der Waals surface area contributed by atoms with E-state index in [1.54, 1.807) is 12.0 Å². The Morgan fingerprint density at radius 1 is 1.42 bits per heavy atom. The lowest BCUT2D eigenvalue weighted by molar-refractivity contribution is -0.125. The minimum Gasteiger partial charge on any atom is -0.380 e. The third-order valence-corrected chi connectivity index (χ3v) is 3.31. The van der Waals surface area contributed by atoms with Crippen LogP contribution < -0.4 is 0 Å². The van der Waals surface area contributed by atoms with Crippen molar-refractivity contribution < 1.29 is 9.53 Å². The number of ether oxygens (including phenoxy) is 1. The molecule has 1 aliphatic heterocycles. The van der Waals surface area contributed by atoms with Crippen molar-refractivity contribution >= 4 is 5.91 Å². The van der Waals surface area contributed by atoms with E-state index in [0.717, 1.165) is 24.1 Å². The van der Waals surface area contributed by atoms with Gasteiger partial charge in [0, 0.05) is 31.3 Å². The maximum absolute atomic E-state index is 12.2. The second kappa shape index (κ2) is 6.53. The van der Waals surface area contributed by atoms with Crippen molar-refractivity contribution in [2.24, 2.45) is 0 Å². The normalized spacial score (nSPS) is 17.6. The van der Waals surface area contributed by atoms with Crippen LogP contribution in [0.15, 0.2) is 47.7 Å². The average molecular weight is 261 g/mol. The minimum absolute atomic E-state index is 0.0981. The molecule has 0 unspecified atom stereocenters. The number of methoxy groups -OCH3 is 1. The van der Waals surface area contributed by atoms with Gasteiger partial charge in [-0.2, -0.15) is 0 Å². The first-order valence-electron chi connectivity index (χ1n) is 6.45. The van der Waals surface area contributed by atoms with Crippen LogP contribution in [0.2, 0.25) is 0 Å². The molecule has 1 rings (SSSR count). The summed E-state index contributed by atoms with van der Waals surface area (Å²) in [6, 6.07) is 0. The molecule has 0 atom stereocenters. The lowest BCUT2D eigenvalue weighted by Gasteiger charge is -2.18. The molecule has 3 heteroatoms. The molecular weight excluding hydrogens is 238 g/mol. The number of allylic oxidation sites excluding steroid dienone is 3. The quantitative estimate of drug-likeness (QED) is 0.711. The van der Waals surface area contributed by atoms with Gasteiger partial charge in [-0.25, -0.2) is 0 Å². The maximum atomic E-state index is 12.2. The van der Waals surface area contributed by atoms with Gasteiger partial charge in [0.2, 0.25) is 0 Å². The lowest BCUT2D eigenvalue weighted by atomic mass is 9.99. The Morgan fingerprint density at radius 3 is 2.53 bits per heavy atom. The summed E-state index contributed by atoms with van der Waals surface area (Å²) in [5.74, 6) is -0.0981. The largest absolute Gasteiger partial charge is 0.380 e. The van der Waals surface area contributed by atoms with E-state index in [0.29, 0.717) is 12.1 Å². The summed E-state index contributed by atoms with van der Waals surface area (Å²) in [7, 11) is 1.55. The average Bonchev–Trinajstić information content (AvgIpc) is 2.71. The zero-order valence-corrected chi connectivity index (χ0v) is 12.2. The Morgan fingerprint density at radius 2 is 2.05 bits per heavy atom. The molecular formula is C16H23NO2. The van der Waals surface area contributed by atoms with E-state index >= 15 is 0 Å². The first-order valence-corrected chi connectivity index (χ1v) is 6.45. The molecule has 0 aromatic rings. The summed E-state index contributed by atoms with van der Waals surface area (Å²) in [6.07, 6.45) is 1.67. The van der Waals surface area contributed by atoms with Gasteiger partial charge < -0.3 is 9.64 Å². The smallest absolute Gasteiger partial charge is 0.255 e. The predicted molar refractivity (Wildman–Crippen MR) is 78.6 cm³/mol. The highest BCUT2D eigenvalue weighted by atomic mass is 16.5. The Kier molecular flexibility index (Phi) is 5.31. The molecule has 0 saturated carbocycles. The molecule has 1 heterocycles. The zero-order chi connectivity index (χ0) is 14.6. The van der Waals surface area contributed by atoms with E-state index in [2.05, 4.69) is 26.7 Å². The van der Waals surface area contributed by atoms with Crippen molar-refractivity contribution in [3.8, 4) is 0 Å². The summed E-state index contributed by atoms with van der Waals surface area (Å²) in [6.45, 7) is 16.7. The van der Waals surface area contributed by atoms with Crippen LogP contribution in [0.4, 0.5) is 0 Å². The van der Waals surface area contributed by atoms with Crippen LogP contribution in [-0.2, 0) is 9.53 Å². The van der Waals surface area contributed by atoms with E-state index in [-0.39, 0.29) is 12.5 Å². The maximum Gasteiger partial charge on any atom is 0.255 e. The van der Waals surface area contributed by atoms with Gasteiger partial charge in [-0.1, -0.05) is 32.2 Å². The predicted octanol–water partition coefficient (Wildman–Crippen LogP) is 3.22. The third-order valence-electron chi connectivity index (χ3n) is 3.31. The van der Waals surface area contributed by atoms with Gasteiger partial charge in [0.05, 0.1) is 6.61 Å². The van der Waals surface area contributed by atoms with Crippen molar-refractivity contribution in [1.29, 1.82) is 0 Å². The molecule has 3 nitrogen and oxygen atoms in total. The standard InChI is InChI=1S/C16H23NO2/c1-7-15(11(2)3)14-8-13(5)17(9-14)16(18)12(4)10-19-6/h2,4-5,7-10H2,1,3,6H3/b15-14+. The topological polar surface area (TPSA) is 29.5 Å². The van der Waals surface area contributed by atoms with Gasteiger partial charge >= 0.3 is 0 Å². The van der Waals surface area contributed by atoms with Crippen LogP contribution in [0.3, 0.4) is 0 Å². The van der Waals surface area contributed by atoms with Crippen LogP contribution >= 0.6 is 0 Å². The van der Waals surface area contributed by atoms with Crippen LogP contribution in [0, 0.1) is 0 Å². The van der Waals surface area contributed by atoms with Crippen LogP contribution in [-0.4, -0.2) is 31.1 Å². The van der Waals surface area contributed by atoms with Crippen molar-refractivity contribution in [3.05, 3.63) is 47.7 Å². The van der Waals surface area contributed by atoms with Crippen molar-refractivity contribution in [1.82, 2.24) is 4.90 Å². The molecule has 1 saturated heterocycles. The van der Waals surface area contributed by atoms with Crippen molar-refractivity contribution in [3.63, 3.8) is 0 Å². The number of carbonyl (C=O) groups is 1. The van der Waals surface area contributed by atoms with Gasteiger partial charge in [0.25, 0.3) is 5.91 Å². The number of amides is 1. The molecule has 0 bridgehead atoms. The third kappa shape index (κ3) is 3.44. The molecule has 0 N–H and O–H groups in total. The van der Waals surface area contributed by atoms with E-state index in [1.165, 1.54) is 11.1 Å². The van der Waals surface area contributed by atoms with E-state index in [1.807, 2.05) is 6.92 Å². The number of nitrogens with zero attached hydrogens (tertiary/aromatic N) is 1. The Bertz CT molecular complexity index is 457. The molecule has 0 aromatic heterocycles. The molecule has 0 aliphatic carbocycles. The summed E-state index contributed by atoms with van der Waals surface area (Å²) in [5.41, 5.74) is 4.82. The highest BCUT2D eigenvalue weighted by Crippen LogP contribution is 2.31. The Hall–Kier alpha value is -1.61. The molecule has 1 aliphatic rings. The lowest BCUT2D eigenvalue weighted by Crippen LogP contribution is -2.28. The number of rotatable bonds is 5. The monoisotopic (exact) mass is 261 g/mol. The second-order valence-corrected chi connectivity index (χ2v) is 4.89. The molecule has 104 valence electrons. The van der Waals surface area contributed by atoms with Crippen LogP contribution in [0.5, 0.6) is 0 Å². The number of hydrogen-bond acceptors (Lipinski definition) is 2. The van der Waals surface area contributed by atoms with Crippen LogP contribution in [0.25, 0.3) is 0 Å². The molecule has 1 fully saturated rings. The molecule has 0 radical (unpaired) electrons. The van der Waals surface area contributed by atoms with Gasteiger partial charge in [-0.05, 0) is 24.5 Å². The number of carbonyl (C=O) groups excluding carboxylic acids is 1. The van der Waals surface area contributed by atoms with Crippen LogP contribution in [0.1, 0.15) is 26.7 Å². The Labute approximate surface area is 115 Å². The second-order valence-electron chi connectivity index (χ2n) is 4.89. The van der Waals surface area contributed by atoms with Gasteiger partial charge in [-0.3, -0.25) is 4.79 Å². The first-order chi connectivity index (χ1) is 8.92. The minimum atomic E-state index is -0.0981. The van der Waals surface area contributed by atoms with Gasteiger partial charge in [0.15, 0.2) is 0 Å². The molecule has 0 spiro atoms. The fourth-order valence-electron chi connectivity index (χ4n) is 2.40. The summed E-state index contributed by atoms with van der Waals surface area (Å²) < 4.78 is 4.95. The fourth-order valence-corrected chi connectivity index (χ4v) is 2.40. The fraction of sp³-hybridized carbons (Fsp3) is 0.438. The molecule has 19 heavy (non-hydrogen) atoms. The van der Waals surface area contributed by atoms with Gasteiger partial charge in [0.1, 0.15) is 0 Å². The summed E-state index contributed by atoms with van der Waals surface area (Å²) in [4.78, 5) is 13.9. The molecule has 0 aromatic carbocycles. The van der Waals surface area contributed by atoms with Crippen molar-refractivity contribution in [2.45, 2.75) is 26.7 Å². The Balaban J connectivity index is 2.92. The molecule has 1 amide bonds. The number of likely N-dealkylation sites (tertiary alicyclic amines) is 1. The number of hydrogen-bond donors (Lipinski definition) is 0. The van der Waals surface area contributed by atoms with Gasteiger partial charge in [-0.15, -0.1) is 0 Å². The van der Waals surface area contributed by atoms with E-state index in [4.69, 9.17) is 4.74 Å². The van der Waals surface area contributed by atoms with Crippen molar-refractivity contribution in [2.75, 3.05) is 20.3 Å². The summed E-state index contributed by atoms with van der Waals surface area (Å²) in [5, 5.41) is 0. The van der Waals surface area contributed by atoms with E-state index < -0.39 is 0 Å². The van der Waals surface area contributed by atoms with E-state index in [9.17, 15) is 4.79 Å². The first kappa shape index (κ1) is 15.4. The highest BCUT2D eigenvalue weighted by molar-refractivity contribution is 5.94.